The highest BCUT2D eigenvalue weighted by atomic mass is 35.5. The summed E-state index contributed by atoms with van der Waals surface area (Å²) in [7, 11) is -2.19. The Kier molecular flexibility index (Phi) is 9.61. The summed E-state index contributed by atoms with van der Waals surface area (Å²) in [6.45, 7) is 0.146. The Morgan fingerprint density at radius 3 is 2.47 bits per heavy atom. The highest BCUT2D eigenvalue weighted by Crippen LogP contribution is 2.30. The summed E-state index contributed by atoms with van der Waals surface area (Å²) in [6, 6.07) is 12.3. The van der Waals surface area contributed by atoms with E-state index in [-0.39, 0.29) is 17.5 Å². The maximum atomic E-state index is 12.3. The van der Waals surface area contributed by atoms with Crippen LogP contribution in [0.3, 0.4) is 0 Å². The van der Waals surface area contributed by atoms with Crippen molar-refractivity contribution in [3.63, 3.8) is 0 Å². The van der Waals surface area contributed by atoms with Gasteiger partial charge in [0.05, 0.1) is 24.1 Å². The van der Waals surface area contributed by atoms with Gasteiger partial charge in [0.25, 0.3) is 0 Å². The maximum Gasteiger partial charge on any atom is 0.240 e. The smallest absolute Gasteiger partial charge is 0.240 e. The van der Waals surface area contributed by atoms with E-state index in [4.69, 9.17) is 27.9 Å². The van der Waals surface area contributed by atoms with Crippen LogP contribution in [0.15, 0.2) is 42.5 Å². The van der Waals surface area contributed by atoms with Crippen LogP contribution in [0, 0.1) is 0 Å². The molecule has 0 spiro atoms. The highest BCUT2D eigenvalue weighted by molar-refractivity contribution is 7.98. The van der Waals surface area contributed by atoms with Gasteiger partial charge in [-0.1, -0.05) is 35.3 Å². The van der Waals surface area contributed by atoms with E-state index in [1.165, 1.54) is 18.7 Å². The van der Waals surface area contributed by atoms with Gasteiger partial charge in [-0.2, -0.15) is 11.8 Å². The first-order valence-corrected chi connectivity index (χ1v) is 12.9. The number of amides is 1. The maximum absolute atomic E-state index is 12.3. The van der Waals surface area contributed by atoms with Crippen molar-refractivity contribution in [3.05, 3.63) is 58.1 Å². The molecule has 10 heteroatoms. The number of ether oxygens (including phenoxy) is 1. The molecule has 0 atom stereocenters. The zero-order valence-corrected chi connectivity index (χ0v) is 19.9. The number of hydrogen-bond acceptors (Lipinski definition) is 5. The van der Waals surface area contributed by atoms with Crippen LogP contribution in [0.2, 0.25) is 10.0 Å². The molecule has 30 heavy (non-hydrogen) atoms. The molecule has 0 radical (unpaired) electrons. The summed E-state index contributed by atoms with van der Waals surface area (Å²) >= 11 is 13.7. The third-order valence-corrected chi connectivity index (χ3v) is 6.88. The number of nitrogens with one attached hydrogen (secondary N) is 1. The van der Waals surface area contributed by atoms with Crippen molar-refractivity contribution < 1.29 is 17.9 Å². The van der Waals surface area contributed by atoms with Crippen LogP contribution in [0.1, 0.15) is 12.0 Å². The van der Waals surface area contributed by atoms with Crippen molar-refractivity contribution >= 4 is 56.6 Å². The number of rotatable bonds is 11. The van der Waals surface area contributed by atoms with Crippen molar-refractivity contribution in [2.45, 2.75) is 12.2 Å². The van der Waals surface area contributed by atoms with Gasteiger partial charge in [-0.3, -0.25) is 9.10 Å². The molecule has 0 bridgehead atoms. The molecule has 0 aliphatic carbocycles. The molecule has 0 fully saturated rings. The number of sulfonamides is 1. The standard InChI is InChI=1S/C20H24Cl2N2O4S2/c1-28-19-9-8-17(12-18(19)22)24(30(2,26)27)13-20(25)23-10-3-11-29-14-15-4-6-16(21)7-5-15/h4-9,12H,3,10-11,13-14H2,1-2H3,(H,23,25). The van der Waals surface area contributed by atoms with Crippen LogP contribution >= 0.6 is 35.0 Å². The number of nitrogens with zero attached hydrogens (tertiary/aromatic N) is 1. The van der Waals surface area contributed by atoms with Crippen LogP contribution < -0.4 is 14.4 Å². The molecule has 0 unspecified atom stereocenters. The molecule has 0 heterocycles. The molecule has 0 aliphatic rings. The second-order valence-electron chi connectivity index (χ2n) is 6.47. The SMILES string of the molecule is COc1ccc(N(CC(=O)NCCCSCc2ccc(Cl)cc2)S(C)(=O)=O)cc1Cl. The second-order valence-corrected chi connectivity index (χ2v) is 10.3. The second kappa shape index (κ2) is 11.7. The van der Waals surface area contributed by atoms with E-state index in [0.29, 0.717) is 23.0 Å². The summed E-state index contributed by atoms with van der Waals surface area (Å²) in [4.78, 5) is 12.3. The summed E-state index contributed by atoms with van der Waals surface area (Å²) in [6.07, 6.45) is 1.82. The monoisotopic (exact) mass is 490 g/mol. The predicted molar refractivity (Wildman–Crippen MR) is 125 cm³/mol. The first-order chi connectivity index (χ1) is 14.2. The number of carbonyl (C=O) groups is 1. The average Bonchev–Trinajstić information content (AvgIpc) is 2.69. The summed E-state index contributed by atoms with van der Waals surface area (Å²) < 4.78 is 30.4. The van der Waals surface area contributed by atoms with Crippen LogP contribution in [0.4, 0.5) is 5.69 Å². The van der Waals surface area contributed by atoms with Gasteiger partial charge in [0.1, 0.15) is 12.3 Å². The minimum atomic E-state index is -3.66. The molecular formula is C20H24Cl2N2O4S2. The van der Waals surface area contributed by atoms with Crippen LogP contribution in [0.25, 0.3) is 0 Å². The Morgan fingerprint density at radius 2 is 1.87 bits per heavy atom. The number of anilines is 1. The van der Waals surface area contributed by atoms with Gasteiger partial charge in [0.15, 0.2) is 0 Å². The first kappa shape index (κ1) is 24.7. The molecule has 0 aromatic heterocycles. The van der Waals surface area contributed by atoms with E-state index in [1.807, 2.05) is 24.3 Å². The number of benzene rings is 2. The molecule has 1 amide bonds. The van der Waals surface area contributed by atoms with Gasteiger partial charge >= 0.3 is 0 Å². The Hall–Kier alpha value is -1.61. The van der Waals surface area contributed by atoms with E-state index in [2.05, 4.69) is 5.32 Å². The lowest BCUT2D eigenvalue weighted by Gasteiger charge is -2.22. The zero-order chi connectivity index (χ0) is 22.1. The van der Waals surface area contributed by atoms with Gasteiger partial charge < -0.3 is 10.1 Å². The lowest BCUT2D eigenvalue weighted by molar-refractivity contribution is -0.119. The Balaban J connectivity index is 1.80. The van der Waals surface area contributed by atoms with Crippen LogP contribution in [-0.4, -0.2) is 46.5 Å². The van der Waals surface area contributed by atoms with Crippen molar-refractivity contribution in [1.82, 2.24) is 5.32 Å². The van der Waals surface area contributed by atoms with Gasteiger partial charge in [-0.05, 0) is 48.1 Å². The number of hydrogen-bond donors (Lipinski definition) is 1. The summed E-state index contributed by atoms with van der Waals surface area (Å²) in [5, 5.41) is 3.74. The van der Waals surface area contributed by atoms with E-state index in [0.717, 1.165) is 28.5 Å². The minimum Gasteiger partial charge on any atom is -0.495 e. The Bertz CT molecular complexity index is 954. The molecule has 2 aromatic carbocycles. The quantitative estimate of drug-likeness (QED) is 0.477. The predicted octanol–water partition coefficient (Wildman–Crippen LogP) is 4.21. The summed E-state index contributed by atoms with van der Waals surface area (Å²) in [5.74, 6) is 1.78. The van der Waals surface area contributed by atoms with Crippen LogP contribution in [-0.2, 0) is 20.6 Å². The van der Waals surface area contributed by atoms with Crippen LogP contribution in [0.5, 0.6) is 5.75 Å². The molecule has 0 saturated carbocycles. The largest absolute Gasteiger partial charge is 0.495 e. The third kappa shape index (κ3) is 7.91. The molecule has 6 nitrogen and oxygen atoms in total. The molecule has 2 aromatic rings. The average molecular weight is 491 g/mol. The highest BCUT2D eigenvalue weighted by Gasteiger charge is 2.21. The van der Waals surface area contributed by atoms with Crippen molar-refractivity contribution in [3.8, 4) is 5.75 Å². The number of carbonyl (C=O) groups excluding carboxylic acids is 1. The van der Waals surface area contributed by atoms with Gasteiger partial charge in [-0.25, -0.2) is 8.42 Å². The topological polar surface area (TPSA) is 75.7 Å². The fraction of sp³-hybridized carbons (Fsp3) is 0.350. The van der Waals surface area contributed by atoms with Crippen molar-refractivity contribution in [2.24, 2.45) is 0 Å². The Labute approximate surface area is 191 Å². The molecule has 164 valence electrons. The number of thioether (sulfide) groups is 1. The zero-order valence-electron chi connectivity index (χ0n) is 16.7. The van der Waals surface area contributed by atoms with Gasteiger partial charge in [0, 0.05) is 17.3 Å². The van der Waals surface area contributed by atoms with Gasteiger partial charge in [0.2, 0.25) is 15.9 Å². The van der Waals surface area contributed by atoms with E-state index in [9.17, 15) is 13.2 Å². The van der Waals surface area contributed by atoms with E-state index in [1.54, 1.807) is 23.9 Å². The first-order valence-electron chi connectivity index (χ1n) is 9.11. The van der Waals surface area contributed by atoms with E-state index >= 15 is 0 Å². The lowest BCUT2D eigenvalue weighted by Crippen LogP contribution is -2.40. The van der Waals surface area contributed by atoms with Crippen molar-refractivity contribution in [1.29, 1.82) is 0 Å². The van der Waals surface area contributed by atoms with Crippen molar-refractivity contribution in [2.75, 3.05) is 36.5 Å². The third-order valence-electron chi connectivity index (χ3n) is 4.08. The molecular weight excluding hydrogens is 467 g/mol. The molecule has 0 aliphatic heterocycles. The molecule has 0 saturated heterocycles. The molecule has 1 N–H and O–H groups in total. The number of methoxy groups -OCH3 is 1. The molecule has 2 rings (SSSR count). The van der Waals surface area contributed by atoms with Gasteiger partial charge in [-0.15, -0.1) is 0 Å². The number of halogens is 2. The normalized spacial score (nSPS) is 11.2. The Morgan fingerprint density at radius 1 is 1.17 bits per heavy atom. The summed E-state index contributed by atoms with van der Waals surface area (Å²) in [5.41, 5.74) is 1.49. The minimum absolute atomic E-state index is 0.266. The fourth-order valence-corrected chi connectivity index (χ4v) is 4.72. The van der Waals surface area contributed by atoms with E-state index < -0.39 is 10.0 Å². The fourth-order valence-electron chi connectivity index (χ4n) is 2.57. The lowest BCUT2D eigenvalue weighted by atomic mass is 10.2.